The third kappa shape index (κ3) is 2.79. The molecule has 0 aliphatic carbocycles. The summed E-state index contributed by atoms with van der Waals surface area (Å²) in [5, 5.41) is 11.1. The van der Waals surface area contributed by atoms with E-state index in [4.69, 9.17) is 16.7 Å². The largest absolute Gasteiger partial charge is 0.478 e. The Morgan fingerprint density at radius 2 is 1.95 bits per heavy atom. The second-order valence-electron chi connectivity index (χ2n) is 3.58. The zero-order valence-corrected chi connectivity index (χ0v) is 10.1. The lowest BCUT2D eigenvalue weighted by Crippen LogP contribution is -2.03. The minimum absolute atomic E-state index is 0.0318. The minimum atomic E-state index is -1.20. The molecule has 2 aromatic rings. The number of hydrogen-bond donors (Lipinski definition) is 2. The highest BCUT2D eigenvalue weighted by Gasteiger charge is 2.13. The number of carboxylic acids is 1. The highest BCUT2D eigenvalue weighted by Crippen LogP contribution is 2.27. The maximum absolute atomic E-state index is 13.4. The first kappa shape index (κ1) is 13.2. The van der Waals surface area contributed by atoms with E-state index in [9.17, 15) is 13.6 Å². The van der Waals surface area contributed by atoms with Crippen molar-refractivity contribution in [3.8, 4) is 0 Å². The fourth-order valence-corrected chi connectivity index (χ4v) is 1.60. The van der Waals surface area contributed by atoms with Crippen LogP contribution >= 0.6 is 11.6 Å². The predicted octanol–water partition coefficient (Wildman–Crippen LogP) is 3.46. The fraction of sp³-hybridized carbons (Fsp3) is 0. The van der Waals surface area contributed by atoms with E-state index in [0.29, 0.717) is 0 Å². The molecule has 0 saturated carbocycles. The van der Waals surface area contributed by atoms with Gasteiger partial charge in [-0.3, -0.25) is 0 Å². The number of carboxylic acid groups (broad SMARTS) is 1. The van der Waals surface area contributed by atoms with Crippen molar-refractivity contribution in [1.82, 2.24) is 4.98 Å². The topological polar surface area (TPSA) is 62.2 Å². The van der Waals surface area contributed by atoms with Gasteiger partial charge in [-0.25, -0.2) is 18.6 Å². The first-order valence-corrected chi connectivity index (χ1v) is 5.46. The number of carbonyl (C=O) groups is 1. The molecule has 4 nitrogen and oxygen atoms in total. The summed E-state index contributed by atoms with van der Waals surface area (Å²) in [5.41, 5.74) is -0.524. The van der Waals surface area contributed by atoms with Crippen LogP contribution in [-0.2, 0) is 0 Å². The molecule has 0 bridgehead atoms. The van der Waals surface area contributed by atoms with E-state index in [1.165, 1.54) is 6.07 Å². The van der Waals surface area contributed by atoms with Crippen LogP contribution in [0.2, 0.25) is 5.02 Å². The molecule has 19 heavy (non-hydrogen) atoms. The lowest BCUT2D eigenvalue weighted by Gasteiger charge is -2.09. The second-order valence-corrected chi connectivity index (χ2v) is 3.99. The molecule has 1 aromatic heterocycles. The summed E-state index contributed by atoms with van der Waals surface area (Å²) in [6.07, 6.45) is 1.04. The number of nitrogens with zero attached hydrogens (tertiary/aromatic N) is 1. The van der Waals surface area contributed by atoms with Gasteiger partial charge in [-0.1, -0.05) is 17.7 Å². The summed E-state index contributed by atoms with van der Waals surface area (Å²) in [6.45, 7) is 0. The van der Waals surface area contributed by atoms with E-state index in [2.05, 4.69) is 10.3 Å². The van der Waals surface area contributed by atoms with Crippen molar-refractivity contribution in [2.45, 2.75) is 0 Å². The summed E-state index contributed by atoms with van der Waals surface area (Å²) in [5.74, 6) is -2.84. The van der Waals surface area contributed by atoms with Crippen molar-refractivity contribution in [3.05, 3.63) is 52.7 Å². The maximum atomic E-state index is 13.4. The van der Waals surface area contributed by atoms with Gasteiger partial charge in [0.1, 0.15) is 23.1 Å². The van der Waals surface area contributed by atoms with Crippen LogP contribution in [0.5, 0.6) is 0 Å². The number of rotatable bonds is 3. The van der Waals surface area contributed by atoms with Gasteiger partial charge in [0.05, 0.1) is 10.6 Å². The van der Waals surface area contributed by atoms with E-state index in [-0.39, 0.29) is 16.4 Å². The number of nitrogens with one attached hydrogen (secondary N) is 1. The van der Waals surface area contributed by atoms with Crippen LogP contribution < -0.4 is 5.32 Å². The molecule has 0 atom stereocenters. The Bertz CT molecular complexity index is 629. The molecule has 1 aromatic carbocycles. The van der Waals surface area contributed by atoms with Crippen LogP contribution in [0, 0.1) is 11.6 Å². The third-order valence-electron chi connectivity index (χ3n) is 2.29. The number of aromatic nitrogens is 1. The summed E-state index contributed by atoms with van der Waals surface area (Å²) in [4.78, 5) is 14.4. The van der Waals surface area contributed by atoms with Gasteiger partial charge in [-0.05, 0) is 18.2 Å². The van der Waals surface area contributed by atoms with Gasteiger partial charge in [-0.2, -0.15) is 0 Å². The van der Waals surface area contributed by atoms with Crippen molar-refractivity contribution < 1.29 is 18.7 Å². The molecule has 98 valence electrons. The molecule has 0 amide bonds. The normalized spacial score (nSPS) is 10.3. The zero-order chi connectivity index (χ0) is 14.0. The van der Waals surface area contributed by atoms with Gasteiger partial charge in [-0.15, -0.1) is 0 Å². The van der Waals surface area contributed by atoms with Gasteiger partial charge < -0.3 is 10.4 Å². The highest BCUT2D eigenvalue weighted by molar-refractivity contribution is 6.33. The number of para-hydroxylation sites is 1. The van der Waals surface area contributed by atoms with Crippen LogP contribution in [0.4, 0.5) is 20.3 Å². The second kappa shape index (κ2) is 5.19. The van der Waals surface area contributed by atoms with E-state index < -0.39 is 23.3 Å². The van der Waals surface area contributed by atoms with Crippen LogP contribution in [0.15, 0.2) is 30.5 Å². The molecular weight excluding hydrogens is 278 g/mol. The van der Waals surface area contributed by atoms with Crippen molar-refractivity contribution >= 4 is 29.1 Å². The summed E-state index contributed by atoms with van der Waals surface area (Å²) < 4.78 is 26.8. The molecule has 1 heterocycles. The Labute approximate surface area is 111 Å². The van der Waals surface area contributed by atoms with Crippen LogP contribution in [0.25, 0.3) is 0 Å². The Morgan fingerprint density at radius 3 is 2.47 bits per heavy atom. The van der Waals surface area contributed by atoms with Gasteiger partial charge in [0.2, 0.25) is 0 Å². The van der Waals surface area contributed by atoms with Gasteiger partial charge in [0.15, 0.2) is 0 Å². The van der Waals surface area contributed by atoms with Crippen LogP contribution in [0.1, 0.15) is 10.4 Å². The van der Waals surface area contributed by atoms with Crippen molar-refractivity contribution in [1.29, 1.82) is 0 Å². The number of hydrogen-bond acceptors (Lipinski definition) is 3. The smallest absolute Gasteiger partial charge is 0.337 e. The van der Waals surface area contributed by atoms with Crippen molar-refractivity contribution in [2.24, 2.45) is 0 Å². The molecule has 2 rings (SSSR count). The molecule has 0 spiro atoms. The molecule has 0 saturated heterocycles. The van der Waals surface area contributed by atoms with E-state index >= 15 is 0 Å². The summed E-state index contributed by atoms with van der Waals surface area (Å²) in [7, 11) is 0. The quantitative estimate of drug-likeness (QED) is 0.906. The summed E-state index contributed by atoms with van der Waals surface area (Å²) >= 11 is 5.79. The van der Waals surface area contributed by atoms with Crippen molar-refractivity contribution in [3.63, 3.8) is 0 Å². The monoisotopic (exact) mass is 284 g/mol. The van der Waals surface area contributed by atoms with E-state index in [1.807, 2.05) is 0 Å². The van der Waals surface area contributed by atoms with E-state index in [1.54, 1.807) is 0 Å². The molecule has 0 radical (unpaired) electrons. The predicted molar refractivity (Wildman–Crippen MR) is 65.8 cm³/mol. The highest BCUT2D eigenvalue weighted by atomic mass is 35.5. The molecule has 2 N–H and O–H groups in total. The van der Waals surface area contributed by atoms with Crippen molar-refractivity contribution in [2.75, 3.05) is 5.32 Å². The number of aromatic carboxylic acids is 1. The van der Waals surface area contributed by atoms with Crippen LogP contribution in [-0.4, -0.2) is 16.1 Å². The number of anilines is 2. The van der Waals surface area contributed by atoms with Gasteiger partial charge in [0, 0.05) is 6.20 Å². The Morgan fingerprint density at radius 1 is 1.32 bits per heavy atom. The van der Waals surface area contributed by atoms with Gasteiger partial charge in [0.25, 0.3) is 0 Å². The molecule has 0 fully saturated rings. The number of halogens is 3. The Hall–Kier alpha value is -2.21. The molecule has 0 aliphatic heterocycles. The first-order chi connectivity index (χ1) is 8.99. The first-order valence-electron chi connectivity index (χ1n) is 5.09. The average molecular weight is 285 g/mol. The zero-order valence-electron chi connectivity index (χ0n) is 9.32. The molecule has 7 heteroatoms. The lowest BCUT2D eigenvalue weighted by molar-refractivity contribution is 0.0696. The molecule has 0 aliphatic rings. The third-order valence-corrected chi connectivity index (χ3v) is 2.58. The number of pyridine rings is 1. The maximum Gasteiger partial charge on any atom is 0.337 e. The number of benzene rings is 1. The standard InChI is InChI=1S/C12H7ClF2N2O2/c13-7-4-6(12(18)19)5-16-11(7)17-10-8(14)2-1-3-9(10)15/h1-5H,(H,16,17)(H,18,19). The average Bonchev–Trinajstić information content (AvgIpc) is 2.35. The SMILES string of the molecule is O=C(O)c1cnc(Nc2c(F)cccc2F)c(Cl)c1. The van der Waals surface area contributed by atoms with Gasteiger partial charge >= 0.3 is 5.97 Å². The lowest BCUT2D eigenvalue weighted by atomic mass is 10.2. The Balaban J connectivity index is 2.36. The van der Waals surface area contributed by atoms with Crippen LogP contribution in [0.3, 0.4) is 0 Å². The van der Waals surface area contributed by atoms with E-state index in [0.717, 1.165) is 24.4 Å². The Kier molecular flexibility index (Phi) is 3.62. The molecule has 0 unspecified atom stereocenters. The summed E-state index contributed by atoms with van der Waals surface area (Å²) in [6, 6.07) is 4.51. The fourth-order valence-electron chi connectivity index (χ4n) is 1.38. The minimum Gasteiger partial charge on any atom is -0.478 e. The molecular formula is C12H7ClF2N2O2.